The molecule has 0 spiro atoms. The minimum Gasteiger partial charge on any atom is -0.125 e. The molecule has 0 aromatic carbocycles. The Morgan fingerprint density at radius 1 is 1.55 bits per heavy atom. The molecule has 1 aliphatic carbocycles. The minimum absolute atomic E-state index is 1.14. The van der Waals surface area contributed by atoms with Crippen LogP contribution >= 0.6 is 0 Å². The number of hydrogen-bond donors (Lipinski definition) is 0. The summed E-state index contributed by atoms with van der Waals surface area (Å²) in [7, 11) is 0. The fourth-order valence-electron chi connectivity index (χ4n) is 0.965. The van der Waals surface area contributed by atoms with Crippen molar-refractivity contribution in [1.29, 1.82) is 0 Å². The van der Waals surface area contributed by atoms with Crippen LogP contribution < -0.4 is 0 Å². The molecule has 0 aromatic heterocycles. The smallest absolute Gasteiger partial charge is 0.0171 e. The molecule has 0 heterocycles. The largest absolute Gasteiger partial charge is 0.125 e. The van der Waals surface area contributed by atoms with Gasteiger partial charge in [-0.2, -0.15) is 0 Å². The van der Waals surface area contributed by atoms with Crippen LogP contribution in [0.5, 0.6) is 0 Å². The molecule has 0 heteroatoms. The van der Waals surface area contributed by atoms with Crippen molar-refractivity contribution in [2.45, 2.75) is 26.7 Å². The van der Waals surface area contributed by atoms with E-state index >= 15 is 0 Å². The predicted molar refractivity (Wildman–Crippen MR) is 49.4 cm³/mol. The van der Waals surface area contributed by atoms with Crippen LogP contribution in [0.4, 0.5) is 0 Å². The third kappa shape index (κ3) is 3.06. The summed E-state index contributed by atoms with van der Waals surface area (Å²) in [6.07, 6.45) is 10.8. The average Bonchev–Trinajstić information content (AvgIpc) is 2.03. The molecule has 0 N–H and O–H groups in total. The van der Waals surface area contributed by atoms with Crippen LogP contribution in [0, 0.1) is 0 Å². The normalized spacial score (nSPS) is 18.9. The molecule has 0 nitrogen and oxygen atoms in total. The summed E-state index contributed by atoms with van der Waals surface area (Å²) in [6, 6.07) is 0. The van der Waals surface area contributed by atoms with Gasteiger partial charge in [0.15, 0.2) is 0 Å². The van der Waals surface area contributed by atoms with E-state index in [1.54, 1.807) is 0 Å². The Balaban J connectivity index is 2.67. The van der Waals surface area contributed by atoms with Crippen LogP contribution in [0.15, 0.2) is 41.2 Å². The van der Waals surface area contributed by atoms with E-state index in [4.69, 9.17) is 0 Å². The first-order valence-corrected chi connectivity index (χ1v) is 4.04. The minimum atomic E-state index is 1.14. The standard InChI is InChI=1S/C11H14/c1-10(2)8-9-11-6-4-3-5-7-11/h3,7-9H,4,6H2,1-2H3/b11-9+. The van der Waals surface area contributed by atoms with Crippen LogP contribution in [0.25, 0.3) is 0 Å². The first-order valence-electron chi connectivity index (χ1n) is 4.04. The van der Waals surface area contributed by atoms with Gasteiger partial charge in [-0.3, -0.25) is 0 Å². The first-order chi connectivity index (χ1) is 5.29. The SMILES string of the molecule is CC(C)=C/C=C1/C=C=CCC1. The van der Waals surface area contributed by atoms with Gasteiger partial charge in [-0.25, -0.2) is 0 Å². The highest BCUT2D eigenvalue weighted by atomic mass is 14.0. The highest BCUT2D eigenvalue weighted by Crippen LogP contribution is 2.11. The maximum Gasteiger partial charge on any atom is -0.0171 e. The first kappa shape index (κ1) is 8.10. The molecular formula is C11H14. The summed E-state index contributed by atoms with van der Waals surface area (Å²) < 4.78 is 0. The van der Waals surface area contributed by atoms with Gasteiger partial charge in [-0.15, -0.1) is 5.73 Å². The lowest BCUT2D eigenvalue weighted by Gasteiger charge is -1.99. The topological polar surface area (TPSA) is 0 Å². The average molecular weight is 146 g/mol. The molecule has 1 rings (SSSR count). The molecule has 0 fully saturated rings. The summed E-state index contributed by atoms with van der Waals surface area (Å²) >= 11 is 0. The number of allylic oxidation sites excluding steroid dienone is 5. The van der Waals surface area contributed by atoms with Crippen molar-refractivity contribution in [3.05, 3.63) is 41.2 Å². The van der Waals surface area contributed by atoms with E-state index in [1.165, 1.54) is 11.1 Å². The molecule has 0 saturated heterocycles. The maximum absolute atomic E-state index is 3.11. The molecule has 0 aromatic rings. The summed E-state index contributed by atoms with van der Waals surface area (Å²) in [5.41, 5.74) is 5.84. The Labute approximate surface area is 68.6 Å². The highest BCUT2D eigenvalue weighted by molar-refractivity contribution is 5.27. The monoisotopic (exact) mass is 146 g/mol. The van der Waals surface area contributed by atoms with Crippen molar-refractivity contribution in [3.63, 3.8) is 0 Å². The second-order valence-corrected chi connectivity index (χ2v) is 3.04. The molecule has 0 bridgehead atoms. The van der Waals surface area contributed by atoms with Gasteiger partial charge in [-0.1, -0.05) is 17.7 Å². The van der Waals surface area contributed by atoms with Crippen molar-refractivity contribution >= 4 is 0 Å². The van der Waals surface area contributed by atoms with E-state index in [9.17, 15) is 0 Å². The second kappa shape index (κ2) is 4.00. The number of rotatable bonds is 1. The van der Waals surface area contributed by atoms with E-state index in [0.29, 0.717) is 0 Å². The lowest BCUT2D eigenvalue weighted by atomic mass is 10.1. The second-order valence-electron chi connectivity index (χ2n) is 3.04. The van der Waals surface area contributed by atoms with Gasteiger partial charge in [0.05, 0.1) is 0 Å². The Bertz CT molecular complexity index is 241. The van der Waals surface area contributed by atoms with E-state index in [2.05, 4.69) is 43.9 Å². The molecule has 11 heavy (non-hydrogen) atoms. The summed E-state index contributed by atoms with van der Waals surface area (Å²) in [6.45, 7) is 4.22. The molecule has 0 amide bonds. The van der Waals surface area contributed by atoms with Crippen molar-refractivity contribution in [1.82, 2.24) is 0 Å². The van der Waals surface area contributed by atoms with Gasteiger partial charge in [0.2, 0.25) is 0 Å². The zero-order chi connectivity index (χ0) is 8.10. The Kier molecular flexibility index (Phi) is 2.95. The summed E-state index contributed by atoms with van der Waals surface area (Å²) in [4.78, 5) is 0. The van der Waals surface area contributed by atoms with Gasteiger partial charge >= 0.3 is 0 Å². The van der Waals surface area contributed by atoms with E-state index in [0.717, 1.165) is 12.8 Å². The van der Waals surface area contributed by atoms with E-state index < -0.39 is 0 Å². The van der Waals surface area contributed by atoms with Crippen molar-refractivity contribution in [2.75, 3.05) is 0 Å². The highest BCUT2D eigenvalue weighted by Gasteiger charge is 1.92. The fourth-order valence-corrected chi connectivity index (χ4v) is 0.965. The lowest BCUT2D eigenvalue weighted by molar-refractivity contribution is 0.994. The van der Waals surface area contributed by atoms with Gasteiger partial charge in [0.25, 0.3) is 0 Å². The lowest BCUT2D eigenvalue weighted by Crippen LogP contribution is -1.80. The van der Waals surface area contributed by atoms with E-state index in [-0.39, 0.29) is 0 Å². The van der Waals surface area contributed by atoms with Gasteiger partial charge in [0.1, 0.15) is 0 Å². The Morgan fingerprint density at radius 2 is 2.36 bits per heavy atom. The molecule has 0 atom stereocenters. The molecule has 0 aliphatic heterocycles. The van der Waals surface area contributed by atoms with E-state index in [1.807, 2.05) is 0 Å². The molecule has 0 saturated carbocycles. The third-order valence-electron chi connectivity index (χ3n) is 1.59. The van der Waals surface area contributed by atoms with Crippen LogP contribution in [0.2, 0.25) is 0 Å². The zero-order valence-corrected chi connectivity index (χ0v) is 7.22. The number of hydrogen-bond acceptors (Lipinski definition) is 0. The molecule has 58 valence electrons. The molecule has 0 radical (unpaired) electrons. The Morgan fingerprint density at radius 3 is 2.91 bits per heavy atom. The molecule has 1 aliphatic rings. The van der Waals surface area contributed by atoms with Crippen LogP contribution in [0.3, 0.4) is 0 Å². The molecule has 0 unspecified atom stereocenters. The van der Waals surface area contributed by atoms with Crippen molar-refractivity contribution in [2.24, 2.45) is 0 Å². The van der Waals surface area contributed by atoms with Crippen molar-refractivity contribution in [3.8, 4) is 0 Å². The van der Waals surface area contributed by atoms with Gasteiger partial charge in [-0.05, 0) is 44.4 Å². The van der Waals surface area contributed by atoms with Gasteiger partial charge < -0.3 is 0 Å². The predicted octanol–water partition coefficient (Wildman–Crippen LogP) is 3.38. The summed E-state index contributed by atoms with van der Waals surface area (Å²) in [5, 5.41) is 0. The molecular weight excluding hydrogens is 132 g/mol. The maximum atomic E-state index is 3.11. The van der Waals surface area contributed by atoms with Crippen LogP contribution in [-0.2, 0) is 0 Å². The zero-order valence-electron chi connectivity index (χ0n) is 7.22. The van der Waals surface area contributed by atoms with Crippen LogP contribution in [-0.4, -0.2) is 0 Å². The Hall–Kier alpha value is -1.00. The van der Waals surface area contributed by atoms with Crippen molar-refractivity contribution < 1.29 is 0 Å². The van der Waals surface area contributed by atoms with Crippen LogP contribution in [0.1, 0.15) is 26.7 Å². The summed E-state index contributed by atoms with van der Waals surface area (Å²) in [5.74, 6) is 0. The quantitative estimate of drug-likeness (QED) is 0.497. The third-order valence-corrected chi connectivity index (χ3v) is 1.59. The fraction of sp³-hybridized carbons (Fsp3) is 0.364. The van der Waals surface area contributed by atoms with Gasteiger partial charge in [0, 0.05) is 0 Å².